The quantitative estimate of drug-likeness (QED) is 0.396. The molecular weight excluding hydrogens is 454 g/mol. The normalized spacial score (nSPS) is 19.6. The van der Waals surface area contributed by atoms with Crippen LogP contribution in [0.2, 0.25) is 0 Å². The van der Waals surface area contributed by atoms with Crippen LogP contribution in [-0.4, -0.2) is 29.6 Å². The van der Waals surface area contributed by atoms with Gasteiger partial charge in [-0.3, -0.25) is 4.79 Å². The summed E-state index contributed by atoms with van der Waals surface area (Å²) in [7, 11) is 0. The van der Waals surface area contributed by atoms with Crippen molar-refractivity contribution in [3.8, 4) is 16.9 Å². The van der Waals surface area contributed by atoms with Gasteiger partial charge in [0.1, 0.15) is 5.75 Å². The number of carbonyl (C=O) groups is 2. The average molecular weight is 488 g/mol. The molecule has 1 aliphatic rings. The van der Waals surface area contributed by atoms with Gasteiger partial charge in [0.15, 0.2) is 0 Å². The number of carboxylic acid groups (broad SMARTS) is 1. The third-order valence-corrected chi connectivity index (χ3v) is 6.31. The Kier molecular flexibility index (Phi) is 8.06. The number of amides is 1. The highest BCUT2D eigenvalue weighted by Gasteiger charge is 2.33. The molecule has 1 fully saturated rings. The van der Waals surface area contributed by atoms with E-state index in [4.69, 9.17) is 9.47 Å². The molecule has 1 heterocycles. The molecule has 1 amide bonds. The number of benzene rings is 3. The Hall–Kier alpha value is -3.64. The summed E-state index contributed by atoms with van der Waals surface area (Å²) in [5, 5.41) is 12.8. The fourth-order valence-corrected chi connectivity index (χ4v) is 4.68. The van der Waals surface area contributed by atoms with Crippen LogP contribution in [0.5, 0.6) is 5.75 Å². The van der Waals surface area contributed by atoms with E-state index in [9.17, 15) is 14.7 Å². The van der Waals surface area contributed by atoms with Crippen LogP contribution in [0.4, 0.5) is 0 Å². The highest BCUT2D eigenvalue weighted by molar-refractivity contribution is 5.96. The Balaban J connectivity index is 1.73. The molecule has 3 aromatic carbocycles. The molecule has 6 nitrogen and oxygen atoms in total. The second-order valence-corrected chi connectivity index (χ2v) is 9.70. The Labute approximate surface area is 212 Å². The van der Waals surface area contributed by atoms with Crippen molar-refractivity contribution in [3.05, 3.63) is 89.5 Å². The van der Waals surface area contributed by atoms with Gasteiger partial charge in [-0.1, -0.05) is 74.5 Å². The molecular formula is C30H33NO5. The number of hydrogen-bond acceptors (Lipinski definition) is 4. The van der Waals surface area contributed by atoms with Gasteiger partial charge in [-0.25, -0.2) is 4.79 Å². The van der Waals surface area contributed by atoms with Crippen molar-refractivity contribution in [2.24, 2.45) is 5.92 Å². The van der Waals surface area contributed by atoms with Crippen molar-refractivity contribution in [1.29, 1.82) is 0 Å². The minimum atomic E-state index is -0.973. The fourth-order valence-electron chi connectivity index (χ4n) is 4.68. The molecule has 3 aromatic rings. The summed E-state index contributed by atoms with van der Waals surface area (Å²) in [5.41, 5.74) is 3.60. The van der Waals surface area contributed by atoms with Crippen molar-refractivity contribution in [2.45, 2.75) is 51.9 Å². The van der Waals surface area contributed by atoms with E-state index < -0.39 is 5.97 Å². The Bertz CT molecular complexity index is 1210. The molecule has 0 aliphatic carbocycles. The zero-order valence-corrected chi connectivity index (χ0v) is 20.9. The largest absolute Gasteiger partial charge is 0.493 e. The summed E-state index contributed by atoms with van der Waals surface area (Å²) in [6.07, 6.45) is 0.831. The topological polar surface area (TPSA) is 84.9 Å². The first-order valence-electron chi connectivity index (χ1n) is 12.4. The molecule has 0 aromatic heterocycles. The second kappa shape index (κ2) is 11.4. The molecule has 0 spiro atoms. The number of nitrogens with one attached hydrogen (secondary N) is 1. The van der Waals surface area contributed by atoms with Gasteiger partial charge in [0.2, 0.25) is 5.91 Å². The maximum absolute atomic E-state index is 11.9. The Morgan fingerprint density at radius 2 is 1.69 bits per heavy atom. The lowest BCUT2D eigenvalue weighted by molar-refractivity contribution is -0.122. The number of carbonyl (C=O) groups excluding carboxylic acids is 1. The summed E-state index contributed by atoms with van der Waals surface area (Å²) >= 11 is 0. The van der Waals surface area contributed by atoms with Crippen LogP contribution < -0.4 is 10.1 Å². The molecule has 188 valence electrons. The number of rotatable bonds is 8. The zero-order chi connectivity index (χ0) is 25.7. The van der Waals surface area contributed by atoms with Gasteiger partial charge >= 0.3 is 5.97 Å². The molecule has 0 radical (unpaired) electrons. The van der Waals surface area contributed by atoms with Crippen LogP contribution in [0.1, 0.15) is 67.3 Å². The predicted octanol–water partition coefficient (Wildman–Crippen LogP) is 6.18. The molecule has 1 aliphatic heterocycles. The van der Waals surface area contributed by atoms with Crippen LogP contribution in [0.25, 0.3) is 11.1 Å². The molecule has 3 atom stereocenters. The lowest BCUT2D eigenvalue weighted by atomic mass is 9.89. The number of ether oxygens (including phenoxy) is 2. The third kappa shape index (κ3) is 6.13. The van der Waals surface area contributed by atoms with Crippen molar-refractivity contribution in [3.63, 3.8) is 0 Å². The monoisotopic (exact) mass is 487 g/mol. The summed E-state index contributed by atoms with van der Waals surface area (Å²) in [5.74, 6) is -0.0610. The molecule has 1 saturated heterocycles. The fraction of sp³-hybridized carbons (Fsp3) is 0.333. The summed E-state index contributed by atoms with van der Waals surface area (Å²) in [6, 6.07) is 22.7. The third-order valence-electron chi connectivity index (χ3n) is 6.31. The summed E-state index contributed by atoms with van der Waals surface area (Å²) in [4.78, 5) is 23.7. The van der Waals surface area contributed by atoms with Crippen LogP contribution in [0.3, 0.4) is 0 Å². The Morgan fingerprint density at radius 3 is 2.39 bits per heavy atom. The van der Waals surface area contributed by atoms with E-state index in [-0.39, 0.29) is 29.7 Å². The first-order chi connectivity index (χ1) is 17.3. The first kappa shape index (κ1) is 25.5. The maximum Gasteiger partial charge on any atom is 0.336 e. The van der Waals surface area contributed by atoms with Crippen LogP contribution in [0, 0.1) is 5.92 Å². The molecule has 0 unspecified atom stereocenters. The lowest BCUT2D eigenvalue weighted by Gasteiger charge is -2.37. The van der Waals surface area contributed by atoms with Gasteiger partial charge in [-0.05, 0) is 47.6 Å². The van der Waals surface area contributed by atoms with Crippen molar-refractivity contribution < 1.29 is 24.2 Å². The number of aromatic carboxylic acids is 1. The van der Waals surface area contributed by atoms with Crippen LogP contribution >= 0.6 is 0 Å². The van der Waals surface area contributed by atoms with Gasteiger partial charge in [-0.15, -0.1) is 0 Å². The highest BCUT2D eigenvalue weighted by atomic mass is 16.5. The average Bonchev–Trinajstić information content (AvgIpc) is 2.87. The minimum Gasteiger partial charge on any atom is -0.493 e. The maximum atomic E-state index is 11.9. The van der Waals surface area contributed by atoms with Crippen molar-refractivity contribution in [2.75, 3.05) is 6.61 Å². The second-order valence-electron chi connectivity index (χ2n) is 9.70. The predicted molar refractivity (Wildman–Crippen MR) is 139 cm³/mol. The van der Waals surface area contributed by atoms with Gasteiger partial charge < -0.3 is 19.9 Å². The molecule has 6 heteroatoms. The molecule has 4 rings (SSSR count). The van der Waals surface area contributed by atoms with E-state index >= 15 is 0 Å². The van der Waals surface area contributed by atoms with E-state index in [1.807, 2.05) is 54.6 Å². The van der Waals surface area contributed by atoms with E-state index in [0.717, 1.165) is 16.7 Å². The van der Waals surface area contributed by atoms with Crippen molar-refractivity contribution in [1.82, 2.24) is 5.32 Å². The smallest absolute Gasteiger partial charge is 0.336 e. The molecule has 2 N–H and O–H groups in total. The van der Waals surface area contributed by atoms with Gasteiger partial charge in [0.05, 0.1) is 24.4 Å². The number of carboxylic acids is 1. The van der Waals surface area contributed by atoms with Gasteiger partial charge in [0.25, 0.3) is 0 Å². The van der Waals surface area contributed by atoms with E-state index in [1.165, 1.54) is 6.92 Å². The zero-order valence-electron chi connectivity index (χ0n) is 20.9. The summed E-state index contributed by atoms with van der Waals surface area (Å²) < 4.78 is 12.9. The van der Waals surface area contributed by atoms with E-state index in [0.29, 0.717) is 36.7 Å². The number of hydrogen-bond donors (Lipinski definition) is 2. The Morgan fingerprint density at radius 1 is 1.00 bits per heavy atom. The van der Waals surface area contributed by atoms with E-state index in [1.54, 1.807) is 18.2 Å². The van der Waals surface area contributed by atoms with Crippen molar-refractivity contribution >= 4 is 11.9 Å². The van der Waals surface area contributed by atoms with Crippen LogP contribution in [-0.2, 0) is 9.53 Å². The lowest BCUT2D eigenvalue weighted by Crippen LogP contribution is -2.39. The molecule has 0 bridgehead atoms. The molecule has 36 heavy (non-hydrogen) atoms. The highest BCUT2D eigenvalue weighted by Crippen LogP contribution is 2.43. The molecule has 0 saturated carbocycles. The van der Waals surface area contributed by atoms with Gasteiger partial charge in [0, 0.05) is 18.5 Å². The SMILES string of the molecule is CC(=O)N[C@H]1C[C@@H](c2ccccc2)O[C@@H](c2ccc(-c3ccccc3C(=O)O)cc2OCC(C)C)C1. The standard InChI is InChI=1S/C30H33NO5/c1-19(2)18-35-28-15-22(24-11-7-8-12-25(24)30(33)34)13-14-26(28)29-17-23(31-20(3)32)16-27(36-29)21-9-5-4-6-10-21/h4-15,19,23,27,29H,16-18H2,1-3H3,(H,31,32)(H,33,34)/t23-,27-,29+/m0/s1. The minimum absolute atomic E-state index is 0.0446. The van der Waals surface area contributed by atoms with Gasteiger partial charge in [-0.2, -0.15) is 0 Å². The van der Waals surface area contributed by atoms with Crippen LogP contribution in [0.15, 0.2) is 72.8 Å². The van der Waals surface area contributed by atoms with E-state index in [2.05, 4.69) is 19.2 Å². The summed E-state index contributed by atoms with van der Waals surface area (Å²) in [6.45, 7) is 6.21. The first-order valence-corrected chi connectivity index (χ1v) is 12.4.